The largest absolute Gasteiger partial charge is 0.352 e. The molecule has 0 bridgehead atoms. The first-order valence-corrected chi connectivity index (χ1v) is 11.9. The summed E-state index contributed by atoms with van der Waals surface area (Å²) in [5.41, 5.74) is 5.45. The van der Waals surface area contributed by atoms with Crippen molar-refractivity contribution in [1.29, 1.82) is 0 Å². The topological polar surface area (TPSA) is 44.4 Å². The number of hydrogen-bond donors (Lipinski definition) is 2. The highest BCUT2D eigenvalue weighted by Gasteiger charge is 2.26. The molecule has 0 aromatic carbocycles. The molecule has 1 saturated heterocycles. The van der Waals surface area contributed by atoms with Crippen molar-refractivity contribution in [3.8, 4) is 0 Å². The molecule has 1 amide bonds. The van der Waals surface area contributed by atoms with Gasteiger partial charge in [-0.05, 0) is 69.6 Å². The van der Waals surface area contributed by atoms with Crippen molar-refractivity contribution in [2.24, 2.45) is 5.41 Å². The van der Waals surface area contributed by atoms with Crippen molar-refractivity contribution in [2.45, 2.75) is 60.3 Å². The van der Waals surface area contributed by atoms with E-state index in [1.54, 1.807) is 6.08 Å². The number of allylic oxidation sites excluding steroid dienone is 9. The molecule has 31 heavy (non-hydrogen) atoms. The number of nitrogens with zero attached hydrogens (tertiary/aromatic N) is 1. The number of amides is 1. The summed E-state index contributed by atoms with van der Waals surface area (Å²) in [7, 11) is 0. The Labute approximate surface area is 190 Å². The summed E-state index contributed by atoms with van der Waals surface area (Å²) < 4.78 is 0. The van der Waals surface area contributed by atoms with Gasteiger partial charge < -0.3 is 15.5 Å². The van der Waals surface area contributed by atoms with Crippen LogP contribution >= 0.6 is 0 Å². The quantitative estimate of drug-likeness (QED) is 0.313. The number of carbonyl (C=O) groups is 1. The summed E-state index contributed by atoms with van der Waals surface area (Å²) in [6.07, 6.45) is 17.1. The van der Waals surface area contributed by atoms with Crippen LogP contribution < -0.4 is 10.6 Å². The summed E-state index contributed by atoms with van der Waals surface area (Å²) in [6.45, 7) is 17.2. The minimum atomic E-state index is -0.00926. The Morgan fingerprint density at radius 2 is 1.90 bits per heavy atom. The maximum atomic E-state index is 12.1. The Bertz CT molecular complexity index is 746. The van der Waals surface area contributed by atoms with Crippen molar-refractivity contribution in [1.82, 2.24) is 15.5 Å². The highest BCUT2D eigenvalue weighted by atomic mass is 16.1. The average molecular weight is 426 g/mol. The molecule has 4 heteroatoms. The van der Waals surface area contributed by atoms with E-state index in [0.717, 1.165) is 51.3 Å². The van der Waals surface area contributed by atoms with Gasteiger partial charge in [0.25, 0.3) is 0 Å². The molecule has 0 saturated carbocycles. The molecule has 0 spiro atoms. The van der Waals surface area contributed by atoms with Crippen LogP contribution in [0.15, 0.2) is 58.7 Å². The zero-order valence-electron chi connectivity index (χ0n) is 20.4. The smallest absolute Gasteiger partial charge is 0.244 e. The zero-order valence-corrected chi connectivity index (χ0v) is 20.4. The minimum Gasteiger partial charge on any atom is -0.352 e. The van der Waals surface area contributed by atoms with E-state index < -0.39 is 0 Å². The predicted molar refractivity (Wildman–Crippen MR) is 133 cm³/mol. The fraction of sp³-hybridized carbons (Fsp3) is 0.593. The molecule has 1 heterocycles. The van der Waals surface area contributed by atoms with E-state index >= 15 is 0 Å². The van der Waals surface area contributed by atoms with Crippen LogP contribution in [-0.2, 0) is 4.79 Å². The van der Waals surface area contributed by atoms with Gasteiger partial charge in [0.15, 0.2) is 0 Å². The van der Waals surface area contributed by atoms with Crippen LogP contribution in [0, 0.1) is 5.41 Å². The van der Waals surface area contributed by atoms with E-state index in [1.165, 1.54) is 36.0 Å². The lowest BCUT2D eigenvalue weighted by Crippen LogP contribution is -2.44. The van der Waals surface area contributed by atoms with Crippen molar-refractivity contribution < 1.29 is 4.79 Å². The van der Waals surface area contributed by atoms with E-state index in [2.05, 4.69) is 61.5 Å². The third kappa shape index (κ3) is 9.40. The first kappa shape index (κ1) is 25.4. The molecule has 0 aromatic heterocycles. The van der Waals surface area contributed by atoms with Crippen LogP contribution in [0.2, 0.25) is 0 Å². The highest BCUT2D eigenvalue weighted by molar-refractivity contribution is 5.88. The van der Waals surface area contributed by atoms with Gasteiger partial charge >= 0.3 is 0 Å². The van der Waals surface area contributed by atoms with Crippen LogP contribution in [0.4, 0.5) is 0 Å². The van der Waals surface area contributed by atoms with E-state index in [1.807, 2.05) is 19.1 Å². The molecular weight excluding hydrogens is 382 g/mol. The minimum absolute atomic E-state index is 0.00926. The number of hydrogen-bond acceptors (Lipinski definition) is 3. The Morgan fingerprint density at radius 3 is 2.61 bits per heavy atom. The lowest BCUT2D eigenvalue weighted by atomic mass is 9.72. The van der Waals surface area contributed by atoms with Crippen molar-refractivity contribution in [2.75, 3.05) is 39.3 Å². The zero-order chi connectivity index (χ0) is 22.7. The highest BCUT2D eigenvalue weighted by Crippen LogP contribution is 2.40. The standard InChI is InChI=1S/C27H43N3O/c1-22(12-13-25-24(3)11-7-14-27(25,4)5)9-6-10-23(2)21-26(31)29-15-8-18-30-19-16-28-17-20-30/h6,9-10,12-13,21,28H,7-8,11,14-20H2,1-5H3,(H,29,31)/b10-6+,13-12+,22-9+,23-21+. The lowest BCUT2D eigenvalue weighted by Gasteiger charge is -2.32. The number of carbonyl (C=O) groups excluding carboxylic acids is 1. The van der Waals surface area contributed by atoms with E-state index in [-0.39, 0.29) is 11.3 Å². The summed E-state index contributed by atoms with van der Waals surface area (Å²) >= 11 is 0. The van der Waals surface area contributed by atoms with Crippen molar-refractivity contribution >= 4 is 5.91 Å². The van der Waals surface area contributed by atoms with Gasteiger partial charge in [-0.25, -0.2) is 0 Å². The molecular formula is C27H43N3O. The van der Waals surface area contributed by atoms with E-state index in [4.69, 9.17) is 0 Å². The Balaban J connectivity index is 1.76. The first-order chi connectivity index (χ1) is 14.8. The molecule has 1 aliphatic heterocycles. The van der Waals surface area contributed by atoms with Gasteiger partial charge in [0.05, 0.1) is 0 Å². The normalized spacial score (nSPS) is 21.3. The third-order valence-corrected chi connectivity index (χ3v) is 6.29. The number of nitrogens with one attached hydrogen (secondary N) is 2. The Hall–Kier alpha value is -1.91. The fourth-order valence-electron chi connectivity index (χ4n) is 4.39. The molecule has 0 atom stereocenters. The predicted octanol–water partition coefficient (Wildman–Crippen LogP) is 4.93. The van der Waals surface area contributed by atoms with Crippen molar-refractivity contribution in [3.05, 3.63) is 58.7 Å². The lowest BCUT2D eigenvalue weighted by molar-refractivity contribution is -0.116. The molecule has 0 unspecified atom stereocenters. The van der Waals surface area contributed by atoms with Crippen LogP contribution in [0.3, 0.4) is 0 Å². The van der Waals surface area contributed by atoms with Gasteiger partial charge in [0.1, 0.15) is 0 Å². The van der Waals surface area contributed by atoms with Crippen molar-refractivity contribution in [3.63, 3.8) is 0 Å². The summed E-state index contributed by atoms with van der Waals surface area (Å²) in [5, 5.41) is 6.36. The molecule has 0 radical (unpaired) electrons. The molecule has 4 nitrogen and oxygen atoms in total. The second-order valence-corrected chi connectivity index (χ2v) is 9.66. The molecule has 172 valence electrons. The maximum Gasteiger partial charge on any atom is 0.244 e. The molecule has 1 fully saturated rings. The Morgan fingerprint density at radius 1 is 1.16 bits per heavy atom. The second-order valence-electron chi connectivity index (χ2n) is 9.66. The molecule has 0 aromatic rings. The maximum absolute atomic E-state index is 12.1. The van der Waals surface area contributed by atoms with Crippen LogP contribution in [0.25, 0.3) is 0 Å². The number of piperazine rings is 1. The number of rotatable bonds is 9. The van der Waals surface area contributed by atoms with Gasteiger partial charge in [-0.15, -0.1) is 0 Å². The molecule has 2 N–H and O–H groups in total. The molecule has 2 rings (SSSR count). The fourth-order valence-corrected chi connectivity index (χ4v) is 4.39. The summed E-state index contributed by atoms with van der Waals surface area (Å²) in [6, 6.07) is 0. The van der Waals surface area contributed by atoms with Crippen LogP contribution in [0.1, 0.15) is 60.3 Å². The first-order valence-electron chi connectivity index (χ1n) is 11.9. The SMILES string of the molecule is CC1=C(/C=C/C(C)=C/C=C/C(C)=C/C(=O)NCCCN2CCNCC2)C(C)(C)CCC1. The van der Waals surface area contributed by atoms with Gasteiger partial charge in [-0.3, -0.25) is 4.79 Å². The Kier molecular flexibility index (Phi) is 10.5. The van der Waals surface area contributed by atoms with Crippen LogP contribution in [-0.4, -0.2) is 50.1 Å². The van der Waals surface area contributed by atoms with Gasteiger partial charge in [-0.1, -0.05) is 55.4 Å². The van der Waals surface area contributed by atoms with Crippen LogP contribution in [0.5, 0.6) is 0 Å². The van der Waals surface area contributed by atoms with Gasteiger partial charge in [-0.2, -0.15) is 0 Å². The second kappa shape index (κ2) is 12.8. The van der Waals surface area contributed by atoms with Gasteiger partial charge in [0.2, 0.25) is 5.91 Å². The molecule has 1 aliphatic carbocycles. The molecule has 2 aliphatic rings. The van der Waals surface area contributed by atoms with E-state index in [9.17, 15) is 4.79 Å². The average Bonchev–Trinajstić information content (AvgIpc) is 2.71. The third-order valence-electron chi connectivity index (χ3n) is 6.29. The van der Waals surface area contributed by atoms with Gasteiger partial charge in [0, 0.05) is 38.8 Å². The monoisotopic (exact) mass is 425 g/mol. The summed E-state index contributed by atoms with van der Waals surface area (Å²) in [4.78, 5) is 14.5. The summed E-state index contributed by atoms with van der Waals surface area (Å²) in [5.74, 6) is -0.00926. The van der Waals surface area contributed by atoms with E-state index in [0.29, 0.717) is 0 Å².